The van der Waals surface area contributed by atoms with Gasteiger partial charge in [0.05, 0.1) is 13.2 Å². The number of nitrogens with zero attached hydrogens (tertiary/aromatic N) is 2. The molecular weight excluding hydrogens is 240 g/mol. The Morgan fingerprint density at radius 2 is 2.21 bits per heavy atom. The number of carbonyl (C=O) groups is 1. The molecule has 1 aliphatic heterocycles. The third kappa shape index (κ3) is 2.19. The highest BCUT2D eigenvalue weighted by Crippen LogP contribution is 2.22. The molecule has 0 aliphatic carbocycles. The van der Waals surface area contributed by atoms with Crippen LogP contribution in [-0.4, -0.2) is 15.3 Å². The van der Waals surface area contributed by atoms with Crippen molar-refractivity contribution in [2.45, 2.75) is 33.1 Å². The van der Waals surface area contributed by atoms with Crippen molar-refractivity contribution in [3.05, 3.63) is 53.1 Å². The van der Waals surface area contributed by atoms with E-state index in [0.717, 1.165) is 18.5 Å². The van der Waals surface area contributed by atoms with Crippen molar-refractivity contribution in [1.82, 2.24) is 9.55 Å². The Morgan fingerprint density at radius 1 is 1.37 bits per heavy atom. The summed E-state index contributed by atoms with van der Waals surface area (Å²) in [4.78, 5) is 16.7. The van der Waals surface area contributed by atoms with Crippen LogP contribution < -0.4 is 0 Å². The molecule has 0 bridgehead atoms. The maximum absolute atomic E-state index is 12.5. The number of aryl methyl sites for hydroxylation is 1. The number of fused-ring (bicyclic) bond motifs is 1. The maximum atomic E-state index is 12.5. The highest BCUT2D eigenvalue weighted by molar-refractivity contribution is 6.06. The number of ketones is 1. The van der Waals surface area contributed by atoms with E-state index >= 15 is 0 Å². The van der Waals surface area contributed by atoms with Gasteiger partial charge in [-0.1, -0.05) is 19.1 Å². The lowest BCUT2D eigenvalue weighted by atomic mass is 10.0. The van der Waals surface area contributed by atoms with Gasteiger partial charge in [0.2, 0.25) is 5.78 Å². The summed E-state index contributed by atoms with van der Waals surface area (Å²) >= 11 is 0. The number of ether oxygens (including phenoxy) is 1. The molecule has 0 spiro atoms. The van der Waals surface area contributed by atoms with Gasteiger partial charge < -0.3 is 9.30 Å². The van der Waals surface area contributed by atoms with Crippen LogP contribution in [0.5, 0.6) is 0 Å². The van der Waals surface area contributed by atoms with Crippen LogP contribution in [0.1, 0.15) is 40.7 Å². The van der Waals surface area contributed by atoms with E-state index in [1.165, 1.54) is 5.56 Å². The van der Waals surface area contributed by atoms with Gasteiger partial charge in [-0.25, -0.2) is 4.98 Å². The summed E-state index contributed by atoms with van der Waals surface area (Å²) in [6.45, 7) is 4.14. The van der Waals surface area contributed by atoms with Crippen molar-refractivity contribution in [3.63, 3.8) is 0 Å². The van der Waals surface area contributed by atoms with Gasteiger partial charge >= 0.3 is 0 Å². The second-order valence-corrected chi connectivity index (χ2v) is 4.75. The molecule has 2 heterocycles. The van der Waals surface area contributed by atoms with Crippen LogP contribution in [0.2, 0.25) is 0 Å². The zero-order valence-corrected chi connectivity index (χ0v) is 10.9. The minimum absolute atomic E-state index is 0.0202. The molecule has 0 amide bonds. The number of carbonyl (C=O) groups excluding carboxylic acids is 1. The van der Waals surface area contributed by atoms with E-state index in [2.05, 4.69) is 11.9 Å². The first-order valence-corrected chi connectivity index (χ1v) is 6.55. The summed E-state index contributed by atoms with van der Waals surface area (Å²) in [6.07, 6.45) is 4.52. The Hall–Kier alpha value is -1.94. The number of hydrogen-bond acceptors (Lipinski definition) is 3. The van der Waals surface area contributed by atoms with Gasteiger partial charge in [-0.15, -0.1) is 0 Å². The summed E-state index contributed by atoms with van der Waals surface area (Å²) in [5.74, 6) is 0.494. The summed E-state index contributed by atoms with van der Waals surface area (Å²) in [7, 11) is 0. The fourth-order valence-electron chi connectivity index (χ4n) is 2.38. The summed E-state index contributed by atoms with van der Waals surface area (Å²) in [6, 6.07) is 5.76. The highest BCUT2D eigenvalue weighted by atomic mass is 16.5. The average Bonchev–Trinajstić information content (AvgIpc) is 3.05. The Morgan fingerprint density at radius 3 is 3.05 bits per heavy atom. The van der Waals surface area contributed by atoms with Gasteiger partial charge in [0, 0.05) is 24.5 Å². The van der Waals surface area contributed by atoms with Gasteiger partial charge in [-0.2, -0.15) is 0 Å². The maximum Gasteiger partial charge on any atom is 0.228 e. The molecule has 19 heavy (non-hydrogen) atoms. The zero-order chi connectivity index (χ0) is 13.2. The van der Waals surface area contributed by atoms with Crippen LogP contribution in [0.25, 0.3) is 0 Å². The molecule has 0 saturated heterocycles. The van der Waals surface area contributed by atoms with Crippen LogP contribution in [0.15, 0.2) is 30.6 Å². The number of hydrogen-bond donors (Lipinski definition) is 0. The van der Waals surface area contributed by atoms with E-state index < -0.39 is 0 Å². The first kappa shape index (κ1) is 12.1. The topological polar surface area (TPSA) is 44.1 Å². The van der Waals surface area contributed by atoms with Crippen LogP contribution >= 0.6 is 0 Å². The van der Waals surface area contributed by atoms with Crippen molar-refractivity contribution < 1.29 is 9.53 Å². The second-order valence-electron chi connectivity index (χ2n) is 4.75. The van der Waals surface area contributed by atoms with Crippen molar-refractivity contribution in [3.8, 4) is 0 Å². The molecule has 4 heteroatoms. The van der Waals surface area contributed by atoms with E-state index in [9.17, 15) is 4.79 Å². The van der Waals surface area contributed by atoms with Gasteiger partial charge in [0.15, 0.2) is 5.82 Å². The SMILES string of the molecule is CCCn1ccnc1C(=O)c1ccc2c(c1)COC2. The van der Waals surface area contributed by atoms with Crippen molar-refractivity contribution in [2.24, 2.45) is 0 Å². The first-order chi connectivity index (χ1) is 9.29. The fraction of sp³-hybridized carbons (Fsp3) is 0.333. The van der Waals surface area contributed by atoms with Crippen LogP contribution in [-0.2, 0) is 24.5 Å². The molecule has 4 nitrogen and oxygen atoms in total. The van der Waals surface area contributed by atoms with Gasteiger partial charge in [0.25, 0.3) is 0 Å². The molecule has 1 aromatic carbocycles. The summed E-state index contributed by atoms with van der Waals surface area (Å²) < 4.78 is 7.28. The largest absolute Gasteiger partial charge is 0.372 e. The van der Waals surface area contributed by atoms with Gasteiger partial charge in [0.1, 0.15) is 0 Å². The van der Waals surface area contributed by atoms with Gasteiger partial charge in [-0.3, -0.25) is 4.79 Å². The minimum Gasteiger partial charge on any atom is -0.372 e. The quantitative estimate of drug-likeness (QED) is 0.790. The minimum atomic E-state index is -0.0202. The lowest BCUT2D eigenvalue weighted by Gasteiger charge is -2.06. The number of aromatic nitrogens is 2. The molecule has 1 aliphatic rings. The van der Waals surface area contributed by atoms with Crippen molar-refractivity contribution in [2.75, 3.05) is 0 Å². The third-order valence-electron chi connectivity index (χ3n) is 3.37. The average molecular weight is 256 g/mol. The molecular formula is C15H16N2O2. The molecule has 0 atom stereocenters. The Bertz CT molecular complexity index is 616. The number of rotatable bonds is 4. The van der Waals surface area contributed by atoms with Gasteiger partial charge in [-0.05, 0) is 23.6 Å². The monoisotopic (exact) mass is 256 g/mol. The molecule has 0 radical (unpaired) electrons. The van der Waals surface area contributed by atoms with E-state index in [-0.39, 0.29) is 5.78 Å². The fourth-order valence-corrected chi connectivity index (χ4v) is 2.38. The van der Waals surface area contributed by atoms with E-state index in [4.69, 9.17) is 4.74 Å². The molecule has 0 fully saturated rings. The molecule has 2 aromatic rings. The highest BCUT2D eigenvalue weighted by Gasteiger charge is 2.18. The molecule has 0 N–H and O–H groups in total. The number of benzene rings is 1. The van der Waals surface area contributed by atoms with Crippen LogP contribution in [0.4, 0.5) is 0 Å². The Labute approximate surface area is 112 Å². The van der Waals surface area contributed by atoms with Crippen molar-refractivity contribution in [1.29, 1.82) is 0 Å². The van der Waals surface area contributed by atoms with Crippen LogP contribution in [0.3, 0.4) is 0 Å². The Kier molecular flexibility index (Phi) is 3.17. The molecule has 1 aromatic heterocycles. The molecule has 0 unspecified atom stereocenters. The standard InChI is InChI=1S/C15H16N2O2/c1-2-6-17-7-5-16-15(17)14(18)11-3-4-12-9-19-10-13(12)8-11/h3-5,7-8H,2,6,9-10H2,1H3. The second kappa shape index (κ2) is 4.97. The lowest BCUT2D eigenvalue weighted by Crippen LogP contribution is -2.11. The van der Waals surface area contributed by atoms with E-state index in [1.54, 1.807) is 6.20 Å². The summed E-state index contributed by atoms with van der Waals surface area (Å²) in [5.41, 5.74) is 2.97. The molecule has 0 saturated carbocycles. The zero-order valence-electron chi connectivity index (χ0n) is 10.9. The van der Waals surface area contributed by atoms with Crippen LogP contribution in [0, 0.1) is 0 Å². The Balaban J connectivity index is 1.93. The summed E-state index contributed by atoms with van der Waals surface area (Å²) in [5, 5.41) is 0. The van der Waals surface area contributed by atoms with E-state index in [0.29, 0.717) is 24.6 Å². The first-order valence-electron chi connectivity index (χ1n) is 6.55. The molecule has 3 rings (SSSR count). The third-order valence-corrected chi connectivity index (χ3v) is 3.37. The van der Waals surface area contributed by atoms with Crippen molar-refractivity contribution >= 4 is 5.78 Å². The predicted molar refractivity (Wildman–Crippen MR) is 70.9 cm³/mol. The smallest absolute Gasteiger partial charge is 0.228 e. The van der Waals surface area contributed by atoms with E-state index in [1.807, 2.05) is 29.0 Å². The predicted octanol–water partition coefficient (Wildman–Crippen LogP) is 2.55. The lowest BCUT2D eigenvalue weighted by molar-refractivity contribution is 0.102. The normalized spacial score (nSPS) is 13.5. The number of imidazole rings is 1. The molecule has 98 valence electrons.